The maximum atomic E-state index is 3.42. The standard InChI is InChI=1S/C19H24NS/c1-2-12-20(13-11-19-8-5-14-21-19)18-10-9-16-6-3-4-7-17(16)15-18/h3-5,7-8,14,18H,2,9-13,15H2,1H3/t18-/m0/s1. The van der Waals surface area contributed by atoms with Crippen molar-refractivity contribution in [2.24, 2.45) is 0 Å². The molecule has 1 aliphatic carbocycles. The van der Waals surface area contributed by atoms with Gasteiger partial charge in [0.1, 0.15) is 0 Å². The summed E-state index contributed by atoms with van der Waals surface area (Å²) in [6.45, 7) is 4.72. The van der Waals surface area contributed by atoms with Gasteiger partial charge in [-0.1, -0.05) is 31.2 Å². The van der Waals surface area contributed by atoms with Gasteiger partial charge in [0, 0.05) is 17.5 Å². The fraction of sp³-hybridized carbons (Fsp3) is 0.474. The van der Waals surface area contributed by atoms with Gasteiger partial charge in [-0.25, -0.2) is 0 Å². The molecule has 1 heterocycles. The molecule has 1 atom stereocenters. The lowest BCUT2D eigenvalue weighted by Crippen LogP contribution is -2.41. The first-order valence-electron chi connectivity index (χ1n) is 8.11. The minimum absolute atomic E-state index is 0.716. The van der Waals surface area contributed by atoms with Crippen molar-refractivity contribution in [1.29, 1.82) is 0 Å². The van der Waals surface area contributed by atoms with Gasteiger partial charge in [-0.3, -0.25) is 4.90 Å². The molecule has 0 bridgehead atoms. The second-order valence-corrected chi connectivity index (χ2v) is 6.97. The van der Waals surface area contributed by atoms with Gasteiger partial charge in [0.05, 0.1) is 0 Å². The van der Waals surface area contributed by atoms with E-state index in [0.717, 1.165) is 0 Å². The van der Waals surface area contributed by atoms with Crippen LogP contribution < -0.4 is 0 Å². The molecule has 2 aromatic rings. The molecule has 2 heteroatoms. The van der Waals surface area contributed by atoms with Crippen molar-refractivity contribution >= 4 is 11.3 Å². The maximum absolute atomic E-state index is 3.42. The summed E-state index contributed by atoms with van der Waals surface area (Å²) in [6, 6.07) is 15.0. The van der Waals surface area contributed by atoms with Gasteiger partial charge in [-0.2, -0.15) is 0 Å². The quantitative estimate of drug-likeness (QED) is 0.766. The van der Waals surface area contributed by atoms with Gasteiger partial charge in [0.25, 0.3) is 0 Å². The molecule has 1 aromatic carbocycles. The van der Waals surface area contributed by atoms with E-state index >= 15 is 0 Å². The molecule has 111 valence electrons. The molecule has 3 rings (SSSR count). The van der Waals surface area contributed by atoms with Crippen LogP contribution >= 0.6 is 11.3 Å². The molecule has 0 saturated heterocycles. The second-order valence-electron chi connectivity index (χ2n) is 5.94. The second kappa shape index (κ2) is 7.24. The van der Waals surface area contributed by atoms with Crippen LogP contribution in [0.3, 0.4) is 0 Å². The van der Waals surface area contributed by atoms with E-state index in [1.165, 1.54) is 61.2 Å². The maximum Gasteiger partial charge on any atom is 0.0139 e. The van der Waals surface area contributed by atoms with Crippen LogP contribution in [0.25, 0.3) is 0 Å². The Hall–Kier alpha value is -1.12. The summed E-state index contributed by atoms with van der Waals surface area (Å²) >= 11 is 1.89. The van der Waals surface area contributed by atoms with E-state index < -0.39 is 0 Å². The lowest BCUT2D eigenvalue weighted by Gasteiger charge is -2.35. The van der Waals surface area contributed by atoms with E-state index in [1.807, 2.05) is 11.3 Å². The van der Waals surface area contributed by atoms with E-state index in [4.69, 9.17) is 0 Å². The summed E-state index contributed by atoms with van der Waals surface area (Å²) in [7, 11) is 0. The van der Waals surface area contributed by atoms with Crippen LogP contribution in [0.5, 0.6) is 0 Å². The largest absolute Gasteiger partial charge is 0.300 e. The molecule has 0 amide bonds. The van der Waals surface area contributed by atoms with Gasteiger partial charge < -0.3 is 0 Å². The Morgan fingerprint density at radius 1 is 1.29 bits per heavy atom. The normalized spacial score (nSPS) is 17.9. The van der Waals surface area contributed by atoms with E-state index in [1.54, 1.807) is 0 Å². The summed E-state index contributed by atoms with van der Waals surface area (Å²) in [5, 5.41) is 2.19. The molecule has 0 N–H and O–H groups in total. The lowest BCUT2D eigenvalue weighted by atomic mass is 9.87. The number of thiophene rings is 1. The van der Waals surface area contributed by atoms with E-state index in [2.05, 4.69) is 53.6 Å². The predicted octanol–water partition coefficient (Wildman–Crippen LogP) is 4.36. The zero-order chi connectivity index (χ0) is 14.5. The van der Waals surface area contributed by atoms with Crippen molar-refractivity contribution in [2.45, 2.75) is 45.1 Å². The first kappa shape index (κ1) is 14.8. The molecule has 1 nitrogen and oxygen atoms in total. The van der Waals surface area contributed by atoms with Crippen molar-refractivity contribution < 1.29 is 0 Å². The number of nitrogens with zero attached hydrogens (tertiary/aromatic N) is 1. The highest BCUT2D eigenvalue weighted by Gasteiger charge is 2.23. The summed E-state index contributed by atoms with van der Waals surface area (Å²) in [6.07, 6.45) is 6.13. The third-order valence-corrected chi connectivity index (χ3v) is 5.41. The monoisotopic (exact) mass is 298 g/mol. The van der Waals surface area contributed by atoms with Crippen molar-refractivity contribution in [3.63, 3.8) is 0 Å². The fourth-order valence-corrected chi connectivity index (χ4v) is 4.08. The molecule has 0 aliphatic heterocycles. The molecular formula is C19H24NS. The third-order valence-electron chi connectivity index (χ3n) is 4.47. The molecule has 21 heavy (non-hydrogen) atoms. The van der Waals surface area contributed by atoms with Crippen LogP contribution in [-0.2, 0) is 19.3 Å². The van der Waals surface area contributed by atoms with E-state index in [9.17, 15) is 0 Å². The van der Waals surface area contributed by atoms with Crippen LogP contribution in [0, 0.1) is 6.07 Å². The molecule has 0 unspecified atom stereocenters. The SMILES string of the molecule is CCCN(CCc1cccs1)[C@H]1CCc2[c]cccc2C1. The Labute approximate surface area is 132 Å². The summed E-state index contributed by atoms with van der Waals surface area (Å²) in [4.78, 5) is 4.23. The average Bonchev–Trinajstić information content (AvgIpc) is 3.04. The number of fused-ring (bicyclic) bond motifs is 1. The first-order chi connectivity index (χ1) is 10.4. The van der Waals surface area contributed by atoms with E-state index in [0.29, 0.717) is 6.04 Å². The number of hydrogen-bond acceptors (Lipinski definition) is 2. The van der Waals surface area contributed by atoms with Crippen molar-refractivity contribution in [3.8, 4) is 0 Å². The minimum atomic E-state index is 0.716. The number of benzene rings is 1. The van der Waals surface area contributed by atoms with Crippen LogP contribution in [0.15, 0.2) is 35.7 Å². The third kappa shape index (κ3) is 3.75. The molecule has 0 fully saturated rings. The van der Waals surface area contributed by atoms with Crippen molar-refractivity contribution in [1.82, 2.24) is 4.90 Å². The van der Waals surface area contributed by atoms with Crippen molar-refractivity contribution in [3.05, 3.63) is 57.8 Å². The van der Waals surface area contributed by atoms with Crippen LogP contribution in [-0.4, -0.2) is 24.0 Å². The summed E-state index contributed by atoms with van der Waals surface area (Å²) < 4.78 is 0. The van der Waals surface area contributed by atoms with E-state index in [-0.39, 0.29) is 0 Å². The highest BCUT2D eigenvalue weighted by molar-refractivity contribution is 7.09. The summed E-state index contributed by atoms with van der Waals surface area (Å²) in [5.41, 5.74) is 2.97. The average molecular weight is 298 g/mol. The van der Waals surface area contributed by atoms with Gasteiger partial charge in [0.2, 0.25) is 0 Å². The van der Waals surface area contributed by atoms with Gasteiger partial charge in [0.15, 0.2) is 0 Å². The molecule has 1 aromatic heterocycles. The van der Waals surface area contributed by atoms with Crippen molar-refractivity contribution in [2.75, 3.05) is 13.1 Å². The lowest BCUT2D eigenvalue weighted by molar-refractivity contribution is 0.182. The van der Waals surface area contributed by atoms with Crippen LogP contribution in [0.2, 0.25) is 0 Å². The highest BCUT2D eigenvalue weighted by Crippen LogP contribution is 2.24. The minimum Gasteiger partial charge on any atom is -0.300 e. The predicted molar refractivity (Wildman–Crippen MR) is 91.0 cm³/mol. The number of hydrogen-bond donors (Lipinski definition) is 0. The van der Waals surface area contributed by atoms with Gasteiger partial charge >= 0.3 is 0 Å². The Kier molecular flexibility index (Phi) is 5.10. The van der Waals surface area contributed by atoms with Crippen LogP contribution in [0.1, 0.15) is 35.8 Å². The molecule has 0 spiro atoms. The van der Waals surface area contributed by atoms with Gasteiger partial charge in [-0.15, -0.1) is 11.3 Å². The number of rotatable bonds is 6. The molecule has 0 saturated carbocycles. The zero-order valence-corrected chi connectivity index (χ0v) is 13.7. The summed E-state index contributed by atoms with van der Waals surface area (Å²) in [5.74, 6) is 0. The highest BCUT2D eigenvalue weighted by atomic mass is 32.1. The van der Waals surface area contributed by atoms with Crippen LogP contribution in [0.4, 0.5) is 0 Å². The number of aryl methyl sites for hydroxylation is 1. The molecule has 1 radical (unpaired) electrons. The van der Waals surface area contributed by atoms with Gasteiger partial charge in [-0.05, 0) is 67.3 Å². The Bertz CT molecular complexity index is 546. The smallest absolute Gasteiger partial charge is 0.0139 e. The first-order valence-corrected chi connectivity index (χ1v) is 8.99. The Morgan fingerprint density at radius 3 is 3.05 bits per heavy atom. The zero-order valence-electron chi connectivity index (χ0n) is 12.8. The Balaban J connectivity index is 1.64. The topological polar surface area (TPSA) is 3.24 Å². The molecular weight excluding hydrogens is 274 g/mol. The molecule has 1 aliphatic rings. The fourth-order valence-electron chi connectivity index (χ4n) is 3.38. The Morgan fingerprint density at radius 2 is 2.24 bits per heavy atom.